The monoisotopic (exact) mass is 336 g/mol. The highest BCUT2D eigenvalue weighted by Crippen LogP contribution is 2.47. The maximum Gasteiger partial charge on any atom is 0.218 e. The number of hydrogen-bond donors (Lipinski definition) is 0. The summed E-state index contributed by atoms with van der Waals surface area (Å²) < 4.78 is 27.0. The Morgan fingerprint density at radius 3 is 1.96 bits per heavy atom. The van der Waals surface area contributed by atoms with E-state index in [0.717, 1.165) is 18.4 Å². The highest BCUT2D eigenvalue weighted by molar-refractivity contribution is 7.88. The summed E-state index contributed by atoms with van der Waals surface area (Å²) in [7, 11) is 2.84. The summed E-state index contributed by atoms with van der Waals surface area (Å²) in [6.45, 7) is 0. The van der Waals surface area contributed by atoms with E-state index in [4.69, 9.17) is 0 Å². The van der Waals surface area contributed by atoms with Gasteiger partial charge in [-0.2, -0.15) is 0 Å². The lowest BCUT2D eigenvalue weighted by Gasteiger charge is -2.26. The van der Waals surface area contributed by atoms with Gasteiger partial charge in [0, 0.05) is 19.1 Å². The minimum absolute atomic E-state index is 0.108. The molecule has 0 bridgehead atoms. The minimum atomic E-state index is -3.23. The molecule has 0 spiro atoms. The van der Waals surface area contributed by atoms with Crippen LogP contribution in [0.4, 0.5) is 0 Å². The molecule has 0 radical (unpaired) electrons. The number of benzene rings is 1. The van der Waals surface area contributed by atoms with E-state index in [0.29, 0.717) is 17.9 Å². The highest BCUT2D eigenvalue weighted by atomic mass is 32.2. The molecule has 2 fully saturated rings. The third-order valence-corrected chi connectivity index (χ3v) is 7.71. The highest BCUT2D eigenvalue weighted by Gasteiger charge is 2.45. The average Bonchev–Trinajstić information content (AvgIpc) is 3.05. The van der Waals surface area contributed by atoms with Crippen LogP contribution in [0.15, 0.2) is 30.3 Å². The number of fused-ring (bicyclic) bond motifs is 1. The van der Waals surface area contributed by atoms with Crippen LogP contribution < -0.4 is 0 Å². The molecule has 4 atom stereocenters. The Morgan fingerprint density at radius 1 is 0.913 bits per heavy atom. The summed E-state index contributed by atoms with van der Waals surface area (Å²) in [6, 6.07) is 10.3. The fourth-order valence-electron chi connectivity index (χ4n) is 4.38. The SMILES string of the molecule is CN(C)C1C[C@@H]2CC(N(C)S(=O)(=O)Cc3ccccc3)C[C@@H]2C1. The Labute approximate surface area is 140 Å². The summed E-state index contributed by atoms with van der Waals surface area (Å²) in [5, 5.41) is 0. The molecule has 1 aromatic rings. The first-order chi connectivity index (χ1) is 10.9. The fraction of sp³-hybridized carbons (Fsp3) is 0.667. The van der Waals surface area contributed by atoms with E-state index in [-0.39, 0.29) is 11.8 Å². The molecule has 2 unspecified atom stereocenters. The van der Waals surface area contributed by atoms with Crippen LogP contribution >= 0.6 is 0 Å². The first-order valence-corrected chi connectivity index (χ1v) is 10.1. The Morgan fingerprint density at radius 2 is 1.43 bits per heavy atom. The number of nitrogens with zero attached hydrogens (tertiary/aromatic N) is 2. The summed E-state index contributed by atoms with van der Waals surface area (Å²) in [5.41, 5.74) is 0.866. The van der Waals surface area contributed by atoms with Crippen molar-refractivity contribution in [2.75, 3.05) is 21.1 Å². The Kier molecular flexibility index (Phi) is 4.81. The van der Waals surface area contributed by atoms with Crippen LogP contribution in [0.5, 0.6) is 0 Å². The predicted molar refractivity (Wildman–Crippen MR) is 93.5 cm³/mol. The van der Waals surface area contributed by atoms with Gasteiger partial charge in [0.15, 0.2) is 0 Å². The van der Waals surface area contributed by atoms with Crippen molar-refractivity contribution in [3.63, 3.8) is 0 Å². The quantitative estimate of drug-likeness (QED) is 0.830. The maximum absolute atomic E-state index is 12.7. The van der Waals surface area contributed by atoms with Crippen LogP contribution in [-0.2, 0) is 15.8 Å². The summed E-state index contributed by atoms with van der Waals surface area (Å²) in [6.07, 6.45) is 4.50. The van der Waals surface area contributed by atoms with Crippen molar-refractivity contribution in [1.82, 2.24) is 9.21 Å². The Bertz CT molecular complexity index is 616. The average molecular weight is 337 g/mol. The van der Waals surface area contributed by atoms with E-state index in [9.17, 15) is 8.42 Å². The second-order valence-electron chi connectivity index (χ2n) is 7.49. The molecule has 0 aliphatic heterocycles. The summed E-state index contributed by atoms with van der Waals surface area (Å²) in [4.78, 5) is 2.32. The molecule has 0 heterocycles. The number of sulfonamides is 1. The lowest BCUT2D eigenvalue weighted by molar-refractivity contribution is 0.268. The van der Waals surface area contributed by atoms with E-state index in [2.05, 4.69) is 19.0 Å². The zero-order chi connectivity index (χ0) is 16.6. The van der Waals surface area contributed by atoms with Gasteiger partial charge in [-0.1, -0.05) is 30.3 Å². The van der Waals surface area contributed by atoms with Crippen LogP contribution in [0.1, 0.15) is 31.2 Å². The molecule has 2 saturated carbocycles. The van der Waals surface area contributed by atoms with Crippen molar-refractivity contribution in [2.45, 2.75) is 43.5 Å². The Hall–Kier alpha value is -0.910. The van der Waals surface area contributed by atoms with Gasteiger partial charge < -0.3 is 4.90 Å². The van der Waals surface area contributed by atoms with Crippen LogP contribution in [0.2, 0.25) is 0 Å². The van der Waals surface area contributed by atoms with Crippen molar-refractivity contribution in [1.29, 1.82) is 0 Å². The van der Waals surface area contributed by atoms with Crippen molar-refractivity contribution in [2.24, 2.45) is 11.8 Å². The van der Waals surface area contributed by atoms with Crippen molar-refractivity contribution < 1.29 is 8.42 Å². The van der Waals surface area contributed by atoms with Crippen LogP contribution in [0.3, 0.4) is 0 Å². The molecule has 1 aromatic carbocycles. The van der Waals surface area contributed by atoms with Crippen molar-refractivity contribution >= 4 is 10.0 Å². The lowest BCUT2D eigenvalue weighted by Crippen LogP contribution is -2.37. The molecule has 2 aliphatic rings. The summed E-state index contributed by atoms with van der Waals surface area (Å²) >= 11 is 0. The van der Waals surface area contributed by atoms with Gasteiger partial charge in [0.05, 0.1) is 5.75 Å². The van der Waals surface area contributed by atoms with E-state index in [1.54, 1.807) is 11.4 Å². The molecular weight excluding hydrogens is 308 g/mol. The van der Waals surface area contributed by atoms with Gasteiger partial charge in [-0.25, -0.2) is 12.7 Å². The van der Waals surface area contributed by atoms with Crippen LogP contribution in [0, 0.1) is 11.8 Å². The molecule has 0 saturated heterocycles. The molecule has 5 heteroatoms. The van der Waals surface area contributed by atoms with Crippen molar-refractivity contribution in [3.05, 3.63) is 35.9 Å². The molecule has 0 aromatic heterocycles. The topological polar surface area (TPSA) is 40.6 Å². The minimum Gasteiger partial charge on any atom is -0.306 e. The zero-order valence-corrected chi connectivity index (χ0v) is 15.2. The second kappa shape index (κ2) is 6.54. The zero-order valence-electron chi connectivity index (χ0n) is 14.4. The normalized spacial score (nSPS) is 31.0. The van der Waals surface area contributed by atoms with Gasteiger partial charge in [-0.15, -0.1) is 0 Å². The largest absolute Gasteiger partial charge is 0.306 e. The van der Waals surface area contributed by atoms with Crippen LogP contribution in [0.25, 0.3) is 0 Å². The first kappa shape index (κ1) is 16.9. The van der Waals surface area contributed by atoms with Crippen molar-refractivity contribution in [3.8, 4) is 0 Å². The van der Waals surface area contributed by atoms with Gasteiger partial charge in [-0.3, -0.25) is 0 Å². The van der Waals surface area contributed by atoms with Gasteiger partial charge >= 0.3 is 0 Å². The molecule has 0 N–H and O–H groups in total. The fourth-order valence-corrected chi connectivity index (χ4v) is 5.83. The number of rotatable bonds is 5. The standard InChI is InChI=1S/C18H28N2O2S/c1-19(2)17-9-15-11-18(12-16(15)10-17)20(3)23(21,22)13-14-7-5-4-6-8-14/h4-8,15-18H,9-13H2,1-3H3/t15-,16+,17?,18?. The molecule has 0 amide bonds. The van der Waals surface area contributed by atoms with Crippen LogP contribution in [-0.4, -0.2) is 50.8 Å². The van der Waals surface area contributed by atoms with E-state index in [1.165, 1.54) is 12.8 Å². The third kappa shape index (κ3) is 3.62. The predicted octanol–water partition coefficient (Wildman–Crippen LogP) is 2.57. The third-order valence-electron chi connectivity index (χ3n) is 5.84. The van der Waals surface area contributed by atoms with E-state index >= 15 is 0 Å². The molecule has 3 rings (SSSR count). The maximum atomic E-state index is 12.7. The Balaban J connectivity index is 1.63. The van der Waals surface area contributed by atoms with Gasteiger partial charge in [0.1, 0.15) is 0 Å². The first-order valence-electron chi connectivity index (χ1n) is 8.53. The molecular formula is C18H28N2O2S. The van der Waals surface area contributed by atoms with Gasteiger partial charge in [-0.05, 0) is 57.2 Å². The van der Waals surface area contributed by atoms with Gasteiger partial charge in [0.25, 0.3) is 0 Å². The molecule has 4 nitrogen and oxygen atoms in total. The van der Waals surface area contributed by atoms with Gasteiger partial charge in [0.2, 0.25) is 10.0 Å². The molecule has 128 valence electrons. The number of hydrogen-bond acceptors (Lipinski definition) is 3. The van der Waals surface area contributed by atoms with E-state index < -0.39 is 10.0 Å². The lowest BCUT2D eigenvalue weighted by atomic mass is 10.0. The second-order valence-corrected chi connectivity index (χ2v) is 9.52. The molecule has 23 heavy (non-hydrogen) atoms. The smallest absolute Gasteiger partial charge is 0.218 e. The summed E-state index contributed by atoms with van der Waals surface area (Å²) in [5.74, 6) is 1.50. The van der Waals surface area contributed by atoms with E-state index in [1.807, 2.05) is 30.3 Å². The molecule has 2 aliphatic carbocycles.